The van der Waals surface area contributed by atoms with Crippen molar-refractivity contribution in [2.45, 2.75) is 39.5 Å². The number of benzene rings is 1. The molecule has 0 fully saturated rings. The summed E-state index contributed by atoms with van der Waals surface area (Å²) in [4.78, 5) is 0. The van der Waals surface area contributed by atoms with E-state index >= 15 is 0 Å². The van der Waals surface area contributed by atoms with E-state index in [-0.39, 0.29) is 0 Å². The van der Waals surface area contributed by atoms with E-state index in [4.69, 9.17) is 0 Å². The molecular formula is C19H20. The molecule has 1 aromatic carbocycles. The fraction of sp³-hybridized carbons (Fsp3) is 0.368. The van der Waals surface area contributed by atoms with Crippen molar-refractivity contribution in [3.63, 3.8) is 0 Å². The van der Waals surface area contributed by atoms with Crippen LogP contribution in [-0.4, -0.2) is 0 Å². The fourth-order valence-corrected chi connectivity index (χ4v) is 4.07. The Hall–Kier alpha value is -1.56. The Labute approximate surface area is 115 Å². The van der Waals surface area contributed by atoms with Crippen molar-refractivity contribution in [2.75, 3.05) is 0 Å². The Kier molecular flexibility index (Phi) is 2.21. The zero-order valence-electron chi connectivity index (χ0n) is 11.8. The maximum atomic E-state index is 2.41. The first-order valence-corrected chi connectivity index (χ1v) is 7.32. The van der Waals surface area contributed by atoms with Crippen LogP contribution in [0, 0.1) is 5.41 Å². The molecule has 0 unspecified atom stereocenters. The molecule has 0 aliphatic heterocycles. The number of rotatable bonds is 0. The van der Waals surface area contributed by atoms with E-state index in [2.05, 4.69) is 50.3 Å². The molecule has 0 heteroatoms. The summed E-state index contributed by atoms with van der Waals surface area (Å²) in [5.74, 6) is 0. The van der Waals surface area contributed by atoms with Crippen molar-refractivity contribution in [1.82, 2.24) is 0 Å². The van der Waals surface area contributed by atoms with E-state index in [0.717, 1.165) is 12.8 Å². The van der Waals surface area contributed by atoms with Gasteiger partial charge in [0.1, 0.15) is 0 Å². The van der Waals surface area contributed by atoms with Crippen LogP contribution in [0.3, 0.4) is 0 Å². The highest BCUT2D eigenvalue weighted by molar-refractivity contribution is 5.82. The minimum Gasteiger partial charge on any atom is -0.0653 e. The summed E-state index contributed by atoms with van der Waals surface area (Å²) in [5.41, 5.74) is 9.84. The lowest BCUT2D eigenvalue weighted by atomic mass is 9.74. The first kappa shape index (κ1) is 11.3. The van der Waals surface area contributed by atoms with Gasteiger partial charge in [-0.1, -0.05) is 55.8 Å². The molecule has 19 heavy (non-hydrogen) atoms. The average Bonchev–Trinajstić information content (AvgIpc) is 2.54. The Bertz CT molecular complexity index is 651. The predicted octanol–water partition coefficient (Wildman–Crippen LogP) is 4.86. The summed E-state index contributed by atoms with van der Waals surface area (Å²) in [6.45, 7) is 4.82. The molecule has 0 heterocycles. The predicted molar refractivity (Wildman–Crippen MR) is 81.0 cm³/mol. The first-order chi connectivity index (χ1) is 9.12. The normalized spacial score (nSPS) is 22.7. The van der Waals surface area contributed by atoms with Crippen LogP contribution in [0.15, 0.2) is 47.6 Å². The van der Waals surface area contributed by atoms with E-state index in [0.29, 0.717) is 5.41 Å². The van der Waals surface area contributed by atoms with Crippen molar-refractivity contribution in [1.29, 1.82) is 0 Å². The van der Waals surface area contributed by atoms with Gasteiger partial charge >= 0.3 is 0 Å². The standard InChI is InChI=1S/C19H20/c1-19(2)11-13-5-3-6-14-10-15-7-4-8-16(12-19)18(15)17(14)9-13/h3-8H,9-12H2,1-2H3. The van der Waals surface area contributed by atoms with Gasteiger partial charge in [0.15, 0.2) is 0 Å². The molecule has 1 aromatic rings. The van der Waals surface area contributed by atoms with Crippen molar-refractivity contribution in [2.24, 2.45) is 5.41 Å². The monoisotopic (exact) mass is 248 g/mol. The molecule has 0 radical (unpaired) electrons. The smallest absolute Gasteiger partial charge is 0.00166 e. The number of allylic oxidation sites excluding steroid dienone is 6. The molecule has 96 valence electrons. The van der Waals surface area contributed by atoms with Crippen molar-refractivity contribution in [3.05, 3.63) is 64.3 Å². The van der Waals surface area contributed by atoms with Gasteiger partial charge in [-0.2, -0.15) is 0 Å². The quantitative estimate of drug-likeness (QED) is 0.615. The summed E-state index contributed by atoms with van der Waals surface area (Å²) in [6, 6.07) is 6.91. The van der Waals surface area contributed by atoms with Gasteiger partial charge in [0, 0.05) is 0 Å². The molecule has 0 saturated carbocycles. The van der Waals surface area contributed by atoms with Crippen molar-refractivity contribution in [3.8, 4) is 0 Å². The third-order valence-electron chi connectivity index (χ3n) is 4.72. The molecule has 0 nitrogen and oxygen atoms in total. The van der Waals surface area contributed by atoms with Gasteiger partial charge < -0.3 is 0 Å². The van der Waals surface area contributed by atoms with E-state index in [9.17, 15) is 0 Å². The summed E-state index contributed by atoms with van der Waals surface area (Å²) in [7, 11) is 0. The molecule has 0 saturated heterocycles. The first-order valence-electron chi connectivity index (χ1n) is 7.32. The Morgan fingerprint density at radius 1 is 1.00 bits per heavy atom. The Balaban J connectivity index is 1.99. The van der Waals surface area contributed by atoms with E-state index in [1.807, 2.05) is 0 Å². The Morgan fingerprint density at radius 2 is 1.84 bits per heavy atom. The number of hydrogen-bond donors (Lipinski definition) is 0. The van der Waals surface area contributed by atoms with Gasteiger partial charge in [-0.25, -0.2) is 0 Å². The molecule has 3 aliphatic rings. The largest absolute Gasteiger partial charge is 0.0653 e. The molecular weight excluding hydrogens is 228 g/mol. The second-order valence-corrected chi connectivity index (χ2v) is 7.01. The van der Waals surface area contributed by atoms with Gasteiger partial charge in [-0.3, -0.25) is 0 Å². The van der Waals surface area contributed by atoms with Crippen LogP contribution < -0.4 is 0 Å². The lowest BCUT2D eigenvalue weighted by molar-refractivity contribution is 0.356. The van der Waals surface area contributed by atoms with E-state index < -0.39 is 0 Å². The average molecular weight is 248 g/mol. The highest BCUT2D eigenvalue weighted by atomic mass is 14.4. The third-order valence-corrected chi connectivity index (χ3v) is 4.72. The number of fused-ring (bicyclic) bond motifs is 1. The fourth-order valence-electron chi connectivity index (χ4n) is 4.07. The summed E-state index contributed by atoms with van der Waals surface area (Å²) in [5, 5.41) is 0. The van der Waals surface area contributed by atoms with Gasteiger partial charge in [-0.05, 0) is 58.9 Å². The van der Waals surface area contributed by atoms with Crippen LogP contribution in [-0.2, 0) is 12.8 Å². The molecule has 4 rings (SSSR count). The molecule has 2 bridgehead atoms. The summed E-state index contributed by atoms with van der Waals surface area (Å²) >= 11 is 0. The van der Waals surface area contributed by atoms with Crippen LogP contribution in [0.4, 0.5) is 0 Å². The lowest BCUT2D eigenvalue weighted by Gasteiger charge is -2.30. The van der Waals surface area contributed by atoms with Gasteiger partial charge in [0.25, 0.3) is 0 Å². The third kappa shape index (κ3) is 1.74. The van der Waals surface area contributed by atoms with Gasteiger partial charge in [-0.15, -0.1) is 0 Å². The van der Waals surface area contributed by atoms with Crippen molar-refractivity contribution >= 4 is 5.57 Å². The molecule has 0 spiro atoms. The summed E-state index contributed by atoms with van der Waals surface area (Å²) < 4.78 is 0. The van der Waals surface area contributed by atoms with Crippen LogP contribution in [0.5, 0.6) is 0 Å². The minimum atomic E-state index is 0.368. The Morgan fingerprint density at radius 3 is 2.74 bits per heavy atom. The van der Waals surface area contributed by atoms with E-state index in [1.165, 1.54) is 12.8 Å². The molecule has 0 atom stereocenters. The van der Waals surface area contributed by atoms with Crippen LogP contribution in [0.1, 0.15) is 43.4 Å². The minimum absolute atomic E-state index is 0.368. The molecule has 0 amide bonds. The molecule has 0 N–H and O–H groups in total. The van der Waals surface area contributed by atoms with E-state index in [1.54, 1.807) is 33.4 Å². The highest BCUT2D eigenvalue weighted by Crippen LogP contribution is 2.46. The second-order valence-electron chi connectivity index (χ2n) is 7.01. The zero-order valence-corrected chi connectivity index (χ0v) is 11.8. The van der Waals surface area contributed by atoms with Crippen LogP contribution in [0.2, 0.25) is 0 Å². The SMILES string of the molecule is CC1(C)CC2=CC=CC3=C(C2)c2c(cccc2C1)C3. The topological polar surface area (TPSA) is 0 Å². The van der Waals surface area contributed by atoms with Crippen molar-refractivity contribution < 1.29 is 0 Å². The van der Waals surface area contributed by atoms with Crippen LogP contribution >= 0.6 is 0 Å². The van der Waals surface area contributed by atoms with Crippen LogP contribution in [0.25, 0.3) is 5.57 Å². The molecule has 0 aromatic heterocycles. The zero-order chi connectivity index (χ0) is 13.0. The maximum Gasteiger partial charge on any atom is -0.00166 e. The number of hydrogen-bond acceptors (Lipinski definition) is 0. The second kappa shape index (κ2) is 3.72. The summed E-state index contributed by atoms with van der Waals surface area (Å²) in [6.07, 6.45) is 11.7. The maximum absolute atomic E-state index is 2.41. The van der Waals surface area contributed by atoms with Gasteiger partial charge in [0.05, 0.1) is 0 Å². The highest BCUT2D eigenvalue weighted by Gasteiger charge is 2.31. The lowest BCUT2D eigenvalue weighted by Crippen LogP contribution is -2.19. The van der Waals surface area contributed by atoms with Gasteiger partial charge in [0.2, 0.25) is 0 Å². The molecule has 3 aliphatic carbocycles.